The summed E-state index contributed by atoms with van der Waals surface area (Å²) in [6, 6.07) is 11.3. The van der Waals surface area contributed by atoms with Gasteiger partial charge in [-0.3, -0.25) is 14.5 Å². The second-order valence-electron chi connectivity index (χ2n) is 9.18. The number of benzene rings is 2. The van der Waals surface area contributed by atoms with Crippen molar-refractivity contribution in [2.24, 2.45) is 5.14 Å². The number of carbonyl (C=O) groups is 2. The van der Waals surface area contributed by atoms with Crippen molar-refractivity contribution in [1.29, 1.82) is 0 Å². The Labute approximate surface area is 221 Å². The van der Waals surface area contributed by atoms with Crippen LogP contribution in [0.25, 0.3) is 0 Å². The molecule has 0 saturated carbocycles. The van der Waals surface area contributed by atoms with Crippen LogP contribution in [0.15, 0.2) is 42.5 Å². The molecule has 0 radical (unpaired) electrons. The van der Waals surface area contributed by atoms with Crippen molar-refractivity contribution in [3.05, 3.63) is 64.4 Å². The molecule has 2 aromatic carbocycles. The van der Waals surface area contributed by atoms with Crippen LogP contribution in [0.5, 0.6) is 5.75 Å². The van der Waals surface area contributed by atoms with E-state index >= 15 is 0 Å². The van der Waals surface area contributed by atoms with E-state index < -0.39 is 28.2 Å². The highest BCUT2D eigenvalue weighted by Crippen LogP contribution is 2.25. The Morgan fingerprint density at radius 3 is 2.46 bits per heavy atom. The summed E-state index contributed by atoms with van der Waals surface area (Å²) in [6.07, 6.45) is 0. The van der Waals surface area contributed by atoms with Gasteiger partial charge in [-0.05, 0) is 49.7 Å². The van der Waals surface area contributed by atoms with E-state index in [1.807, 2.05) is 13.8 Å². The predicted octanol–water partition coefficient (Wildman–Crippen LogP) is 2.35. The van der Waals surface area contributed by atoms with E-state index in [1.165, 1.54) is 12.1 Å². The summed E-state index contributed by atoms with van der Waals surface area (Å²) in [5, 5.41) is 5.28. The molecule has 1 saturated heterocycles. The maximum atomic E-state index is 13.2. The molecule has 1 heterocycles. The van der Waals surface area contributed by atoms with E-state index in [2.05, 4.69) is 4.90 Å². The lowest BCUT2D eigenvalue weighted by molar-refractivity contribution is -0.139. The van der Waals surface area contributed by atoms with Gasteiger partial charge in [0.2, 0.25) is 10.0 Å². The first-order valence-corrected chi connectivity index (χ1v) is 13.8. The molecule has 0 spiro atoms. The molecule has 202 valence electrons. The van der Waals surface area contributed by atoms with Crippen molar-refractivity contribution < 1.29 is 31.9 Å². The standard InChI is InChI=1S/C25H31ClFN3O6S/c1-17-11-30(18(2)10-29(17)12-19-3-6-22(27)7-4-19)25(32)15-36-24-8-5-21(26)9-20(24)13-35-14-23(31)16-37(28,33)34/h3-9,17-18H,10-16H2,1-2H3,(H2,28,33,34)/t17-,18+/m0/s1. The number of sulfonamides is 1. The smallest absolute Gasteiger partial charge is 0.260 e. The van der Waals surface area contributed by atoms with Crippen LogP contribution in [0.4, 0.5) is 4.39 Å². The van der Waals surface area contributed by atoms with Crippen LogP contribution in [0.3, 0.4) is 0 Å². The molecule has 1 amide bonds. The Kier molecular flexibility index (Phi) is 10.0. The topological polar surface area (TPSA) is 119 Å². The lowest BCUT2D eigenvalue weighted by Gasteiger charge is -2.44. The third-order valence-electron chi connectivity index (χ3n) is 5.99. The predicted molar refractivity (Wildman–Crippen MR) is 137 cm³/mol. The van der Waals surface area contributed by atoms with Gasteiger partial charge >= 0.3 is 0 Å². The number of rotatable bonds is 11. The number of amides is 1. The molecule has 0 aromatic heterocycles. The number of nitrogens with two attached hydrogens (primary N) is 1. The summed E-state index contributed by atoms with van der Waals surface area (Å²) in [7, 11) is -3.93. The van der Waals surface area contributed by atoms with Crippen LogP contribution >= 0.6 is 11.6 Å². The molecule has 3 rings (SSSR count). The molecule has 2 aromatic rings. The third-order valence-corrected chi connectivity index (χ3v) is 6.95. The fraction of sp³-hybridized carbons (Fsp3) is 0.440. The second kappa shape index (κ2) is 12.8. The molecule has 1 fully saturated rings. The maximum Gasteiger partial charge on any atom is 0.260 e. The first-order valence-electron chi connectivity index (χ1n) is 11.7. The molecule has 0 unspecified atom stereocenters. The van der Waals surface area contributed by atoms with E-state index in [4.69, 9.17) is 26.2 Å². The van der Waals surface area contributed by atoms with Crippen molar-refractivity contribution in [2.45, 2.75) is 39.1 Å². The largest absolute Gasteiger partial charge is 0.483 e. The number of piperazine rings is 1. The number of Topliss-reactive ketones (excluding diaryl/α,β-unsaturated/α-hetero) is 1. The average molecular weight is 556 g/mol. The first kappa shape index (κ1) is 29.0. The molecule has 12 heteroatoms. The Bertz CT molecular complexity index is 1210. The van der Waals surface area contributed by atoms with Gasteiger partial charge in [0, 0.05) is 42.3 Å². The monoisotopic (exact) mass is 555 g/mol. The molecule has 1 aliphatic heterocycles. The van der Waals surface area contributed by atoms with Crippen molar-refractivity contribution in [2.75, 3.05) is 32.1 Å². The van der Waals surface area contributed by atoms with Crippen LogP contribution in [0.1, 0.15) is 25.0 Å². The van der Waals surface area contributed by atoms with Gasteiger partial charge < -0.3 is 14.4 Å². The number of hydrogen-bond acceptors (Lipinski definition) is 7. The molecule has 0 aliphatic carbocycles. The molecule has 2 atom stereocenters. The van der Waals surface area contributed by atoms with Gasteiger partial charge in [0.15, 0.2) is 12.4 Å². The number of ketones is 1. The Morgan fingerprint density at radius 2 is 1.78 bits per heavy atom. The number of nitrogens with zero attached hydrogens (tertiary/aromatic N) is 2. The Hall–Kier alpha value is -2.57. The summed E-state index contributed by atoms with van der Waals surface area (Å²) in [6.45, 7) is 5.15. The number of carbonyl (C=O) groups excluding carboxylic acids is 2. The van der Waals surface area contributed by atoms with Gasteiger partial charge in [0.1, 0.15) is 23.9 Å². The van der Waals surface area contributed by atoms with E-state index in [0.717, 1.165) is 5.56 Å². The molecule has 1 aliphatic rings. The normalized spacial score (nSPS) is 18.6. The molecule has 0 bridgehead atoms. The van der Waals surface area contributed by atoms with E-state index in [1.54, 1.807) is 35.2 Å². The lowest BCUT2D eigenvalue weighted by Crippen LogP contribution is -2.58. The highest BCUT2D eigenvalue weighted by molar-refractivity contribution is 7.89. The Balaban J connectivity index is 1.54. The number of hydrogen-bond donors (Lipinski definition) is 1. The average Bonchev–Trinajstić information content (AvgIpc) is 2.80. The summed E-state index contributed by atoms with van der Waals surface area (Å²) >= 11 is 6.07. The van der Waals surface area contributed by atoms with E-state index in [-0.39, 0.29) is 37.0 Å². The van der Waals surface area contributed by atoms with Gasteiger partial charge in [0.05, 0.1) is 6.61 Å². The zero-order chi connectivity index (χ0) is 27.2. The number of primary sulfonamides is 1. The fourth-order valence-corrected chi connectivity index (χ4v) is 4.88. The van der Waals surface area contributed by atoms with Gasteiger partial charge in [-0.25, -0.2) is 17.9 Å². The highest BCUT2D eigenvalue weighted by Gasteiger charge is 2.32. The SMILES string of the molecule is C[C@@H]1CN(Cc2ccc(F)cc2)[C@@H](C)CN1C(=O)COc1ccc(Cl)cc1COCC(=O)CS(N)(=O)=O. The third kappa shape index (κ3) is 9.04. The van der Waals surface area contributed by atoms with Gasteiger partial charge in [-0.15, -0.1) is 0 Å². The fourth-order valence-electron chi connectivity index (χ4n) is 4.16. The number of halogens is 2. The summed E-state index contributed by atoms with van der Waals surface area (Å²) < 4.78 is 46.3. The first-order chi connectivity index (χ1) is 17.4. The molecule has 37 heavy (non-hydrogen) atoms. The lowest BCUT2D eigenvalue weighted by atomic mass is 10.1. The van der Waals surface area contributed by atoms with Gasteiger partial charge in [0.25, 0.3) is 5.91 Å². The van der Waals surface area contributed by atoms with Crippen molar-refractivity contribution >= 4 is 33.3 Å². The molecular weight excluding hydrogens is 525 g/mol. The Morgan fingerprint density at radius 1 is 1.08 bits per heavy atom. The summed E-state index contributed by atoms with van der Waals surface area (Å²) in [5.41, 5.74) is 1.52. The van der Waals surface area contributed by atoms with Crippen molar-refractivity contribution in [3.63, 3.8) is 0 Å². The zero-order valence-corrected chi connectivity index (χ0v) is 22.3. The maximum absolute atomic E-state index is 13.2. The minimum Gasteiger partial charge on any atom is -0.483 e. The van der Waals surface area contributed by atoms with E-state index in [9.17, 15) is 22.4 Å². The summed E-state index contributed by atoms with van der Waals surface area (Å²) in [4.78, 5) is 28.7. The molecular formula is C25H31ClFN3O6S. The van der Waals surface area contributed by atoms with Crippen LogP contribution < -0.4 is 9.88 Å². The van der Waals surface area contributed by atoms with E-state index in [0.29, 0.717) is 36.0 Å². The number of ether oxygens (including phenoxy) is 2. The molecule has 9 nitrogen and oxygen atoms in total. The quantitative estimate of drug-likeness (QED) is 0.452. The van der Waals surface area contributed by atoms with Gasteiger partial charge in [-0.2, -0.15) is 0 Å². The van der Waals surface area contributed by atoms with Crippen LogP contribution in [0, 0.1) is 5.82 Å². The molecule has 2 N–H and O–H groups in total. The summed E-state index contributed by atoms with van der Waals surface area (Å²) in [5.74, 6) is -1.57. The van der Waals surface area contributed by atoms with Crippen molar-refractivity contribution in [3.8, 4) is 5.75 Å². The van der Waals surface area contributed by atoms with Crippen LogP contribution in [-0.4, -0.2) is 74.0 Å². The minimum atomic E-state index is -3.93. The van der Waals surface area contributed by atoms with Crippen LogP contribution in [0.2, 0.25) is 5.02 Å². The highest BCUT2D eigenvalue weighted by atomic mass is 35.5. The van der Waals surface area contributed by atoms with Crippen LogP contribution in [-0.2, 0) is 37.5 Å². The minimum absolute atomic E-state index is 0.0504. The zero-order valence-electron chi connectivity index (χ0n) is 20.7. The van der Waals surface area contributed by atoms with Gasteiger partial charge in [-0.1, -0.05) is 23.7 Å². The second-order valence-corrected chi connectivity index (χ2v) is 11.2. The van der Waals surface area contributed by atoms with Crippen molar-refractivity contribution in [1.82, 2.24) is 9.80 Å².